The lowest BCUT2D eigenvalue weighted by molar-refractivity contribution is 1.28. The van der Waals surface area contributed by atoms with Gasteiger partial charge in [0.25, 0.3) is 0 Å². The molecule has 0 atom stereocenters. The summed E-state index contributed by atoms with van der Waals surface area (Å²) < 4.78 is 0. The molecule has 9 aromatic rings. The molecular formula is C52H37N. The van der Waals surface area contributed by atoms with E-state index in [9.17, 15) is 0 Å². The summed E-state index contributed by atoms with van der Waals surface area (Å²) >= 11 is 0. The first-order valence-electron chi connectivity index (χ1n) is 18.2. The van der Waals surface area contributed by atoms with Crippen molar-refractivity contribution in [3.8, 4) is 55.6 Å². The average Bonchev–Trinajstić information content (AvgIpc) is 3.25. The molecule has 0 aliphatic heterocycles. The molecule has 53 heavy (non-hydrogen) atoms. The second-order valence-corrected chi connectivity index (χ2v) is 13.4. The topological polar surface area (TPSA) is 3.24 Å². The van der Waals surface area contributed by atoms with Gasteiger partial charge in [-0.25, -0.2) is 0 Å². The molecule has 0 saturated heterocycles. The maximum absolute atomic E-state index is 2.34. The van der Waals surface area contributed by atoms with Crippen LogP contribution in [-0.2, 0) is 0 Å². The van der Waals surface area contributed by atoms with Crippen LogP contribution < -0.4 is 4.90 Å². The van der Waals surface area contributed by atoms with Gasteiger partial charge in [0.15, 0.2) is 0 Å². The summed E-state index contributed by atoms with van der Waals surface area (Å²) in [5, 5.41) is 2.52. The highest BCUT2D eigenvalue weighted by Gasteiger charge is 2.14. The SMILES string of the molecule is c1ccc(-c2ccc(N(c3ccc(-c4cccc(-c5ccccc5)c4)cc3)c3ccc(-c4cccc(-c5cccc6ccccc56)c4)cc3)cc2)cc1. The van der Waals surface area contributed by atoms with Gasteiger partial charge in [-0.2, -0.15) is 0 Å². The van der Waals surface area contributed by atoms with Crippen LogP contribution in [0.5, 0.6) is 0 Å². The molecule has 0 amide bonds. The second-order valence-electron chi connectivity index (χ2n) is 13.4. The van der Waals surface area contributed by atoms with E-state index in [0.717, 1.165) is 17.1 Å². The Kier molecular flexibility index (Phi) is 8.66. The second kappa shape index (κ2) is 14.3. The number of hydrogen-bond acceptors (Lipinski definition) is 1. The van der Waals surface area contributed by atoms with Gasteiger partial charge < -0.3 is 4.90 Å². The standard InChI is InChI=1S/C52H37N/c1-3-12-38(13-4-1)40-24-30-48(31-25-40)53(49-32-26-41(27-33-49)45-19-9-18-44(36-45)39-14-5-2-6-15-39)50-34-28-42(29-35-50)46-20-10-21-47(37-46)52-23-11-17-43-16-7-8-22-51(43)52/h1-37H. The zero-order valence-corrected chi connectivity index (χ0v) is 29.3. The normalized spacial score (nSPS) is 11.0. The summed E-state index contributed by atoms with van der Waals surface area (Å²) in [7, 11) is 0. The summed E-state index contributed by atoms with van der Waals surface area (Å²) in [6.45, 7) is 0. The molecule has 0 N–H and O–H groups in total. The smallest absolute Gasteiger partial charge is 0.0462 e. The Morgan fingerprint density at radius 3 is 1.09 bits per heavy atom. The van der Waals surface area contributed by atoms with Crippen LogP contribution >= 0.6 is 0 Å². The van der Waals surface area contributed by atoms with E-state index in [0.29, 0.717) is 0 Å². The van der Waals surface area contributed by atoms with Crippen molar-refractivity contribution < 1.29 is 0 Å². The van der Waals surface area contributed by atoms with Gasteiger partial charge >= 0.3 is 0 Å². The van der Waals surface area contributed by atoms with Crippen LogP contribution in [0.15, 0.2) is 224 Å². The van der Waals surface area contributed by atoms with Crippen LogP contribution in [0.3, 0.4) is 0 Å². The lowest BCUT2D eigenvalue weighted by Gasteiger charge is -2.26. The van der Waals surface area contributed by atoms with Crippen LogP contribution in [0, 0.1) is 0 Å². The zero-order valence-electron chi connectivity index (χ0n) is 29.3. The number of hydrogen-bond donors (Lipinski definition) is 0. The fourth-order valence-electron chi connectivity index (χ4n) is 7.34. The first-order chi connectivity index (χ1) is 26.3. The van der Waals surface area contributed by atoms with Crippen molar-refractivity contribution in [1.82, 2.24) is 0 Å². The van der Waals surface area contributed by atoms with E-state index in [4.69, 9.17) is 0 Å². The van der Waals surface area contributed by atoms with E-state index in [-0.39, 0.29) is 0 Å². The van der Waals surface area contributed by atoms with Gasteiger partial charge in [0.1, 0.15) is 0 Å². The van der Waals surface area contributed by atoms with Gasteiger partial charge in [0.05, 0.1) is 0 Å². The molecule has 0 aliphatic carbocycles. The molecule has 0 fully saturated rings. The van der Waals surface area contributed by atoms with Gasteiger partial charge in [0, 0.05) is 17.1 Å². The molecule has 1 nitrogen and oxygen atoms in total. The minimum absolute atomic E-state index is 1.10. The number of anilines is 3. The Labute approximate surface area is 311 Å². The van der Waals surface area contributed by atoms with Crippen molar-refractivity contribution in [2.24, 2.45) is 0 Å². The highest BCUT2D eigenvalue weighted by Crippen LogP contribution is 2.39. The molecule has 0 saturated carbocycles. The van der Waals surface area contributed by atoms with Crippen LogP contribution in [0.4, 0.5) is 17.1 Å². The number of benzene rings is 9. The predicted molar refractivity (Wildman–Crippen MR) is 226 cm³/mol. The molecule has 250 valence electrons. The highest BCUT2D eigenvalue weighted by molar-refractivity contribution is 5.97. The summed E-state index contributed by atoms with van der Waals surface area (Å²) in [5.74, 6) is 0. The Balaban J connectivity index is 1.06. The van der Waals surface area contributed by atoms with E-state index in [2.05, 4.69) is 229 Å². The third-order valence-electron chi connectivity index (χ3n) is 10.1. The molecule has 9 aromatic carbocycles. The number of fused-ring (bicyclic) bond motifs is 1. The quantitative estimate of drug-likeness (QED) is 0.155. The Morgan fingerprint density at radius 1 is 0.226 bits per heavy atom. The first kappa shape index (κ1) is 32.0. The van der Waals surface area contributed by atoms with E-state index in [1.54, 1.807) is 0 Å². The van der Waals surface area contributed by atoms with Gasteiger partial charge in [-0.05, 0) is 115 Å². The van der Waals surface area contributed by atoms with E-state index in [1.165, 1.54) is 66.4 Å². The largest absolute Gasteiger partial charge is 0.311 e. The molecular weight excluding hydrogens is 639 g/mol. The average molecular weight is 676 g/mol. The van der Waals surface area contributed by atoms with Gasteiger partial charge in [-0.3, -0.25) is 0 Å². The zero-order chi connectivity index (χ0) is 35.4. The van der Waals surface area contributed by atoms with Crippen molar-refractivity contribution >= 4 is 27.8 Å². The maximum Gasteiger partial charge on any atom is 0.0462 e. The lowest BCUT2D eigenvalue weighted by atomic mass is 9.95. The van der Waals surface area contributed by atoms with Crippen molar-refractivity contribution in [3.05, 3.63) is 224 Å². The summed E-state index contributed by atoms with van der Waals surface area (Å²) in [6, 6.07) is 80.7. The molecule has 0 aliphatic rings. The van der Waals surface area contributed by atoms with Gasteiger partial charge in [0.2, 0.25) is 0 Å². The first-order valence-corrected chi connectivity index (χ1v) is 18.2. The van der Waals surface area contributed by atoms with E-state index < -0.39 is 0 Å². The van der Waals surface area contributed by atoms with Gasteiger partial charge in [-0.15, -0.1) is 0 Å². The molecule has 1 heteroatoms. The maximum atomic E-state index is 2.34. The van der Waals surface area contributed by atoms with Crippen molar-refractivity contribution in [3.63, 3.8) is 0 Å². The molecule has 9 rings (SSSR count). The molecule has 0 spiro atoms. The molecule has 0 bridgehead atoms. The van der Waals surface area contributed by atoms with E-state index in [1.807, 2.05) is 0 Å². The monoisotopic (exact) mass is 675 g/mol. The Morgan fingerprint density at radius 2 is 0.566 bits per heavy atom. The van der Waals surface area contributed by atoms with Crippen LogP contribution in [0.2, 0.25) is 0 Å². The molecule has 0 radical (unpaired) electrons. The number of nitrogens with zero attached hydrogens (tertiary/aromatic N) is 1. The Bertz CT molecular complexity index is 2620. The molecule has 0 aromatic heterocycles. The highest BCUT2D eigenvalue weighted by atomic mass is 15.1. The third kappa shape index (κ3) is 6.65. The fraction of sp³-hybridized carbons (Fsp3) is 0. The third-order valence-corrected chi connectivity index (χ3v) is 10.1. The number of rotatable bonds is 8. The van der Waals surface area contributed by atoms with E-state index >= 15 is 0 Å². The minimum atomic E-state index is 1.10. The van der Waals surface area contributed by atoms with Gasteiger partial charge in [-0.1, -0.05) is 176 Å². The van der Waals surface area contributed by atoms with Crippen LogP contribution in [0.1, 0.15) is 0 Å². The fourth-order valence-corrected chi connectivity index (χ4v) is 7.34. The molecule has 0 unspecified atom stereocenters. The minimum Gasteiger partial charge on any atom is -0.311 e. The predicted octanol–water partition coefficient (Wildman–Crippen LogP) is 14.6. The molecule has 0 heterocycles. The van der Waals surface area contributed by atoms with Crippen molar-refractivity contribution in [2.45, 2.75) is 0 Å². The van der Waals surface area contributed by atoms with Crippen LogP contribution in [-0.4, -0.2) is 0 Å². The van der Waals surface area contributed by atoms with Crippen molar-refractivity contribution in [2.75, 3.05) is 4.90 Å². The Hall–Kier alpha value is -6.96. The summed E-state index contributed by atoms with van der Waals surface area (Å²) in [4.78, 5) is 2.34. The van der Waals surface area contributed by atoms with Crippen LogP contribution in [0.25, 0.3) is 66.4 Å². The summed E-state index contributed by atoms with van der Waals surface area (Å²) in [5.41, 5.74) is 15.4. The lowest BCUT2D eigenvalue weighted by Crippen LogP contribution is -2.09. The summed E-state index contributed by atoms with van der Waals surface area (Å²) in [6.07, 6.45) is 0. The van der Waals surface area contributed by atoms with Crippen molar-refractivity contribution in [1.29, 1.82) is 0 Å².